The highest BCUT2D eigenvalue weighted by Crippen LogP contribution is 2.02. The number of carbonyl (C=O) groups excluding carboxylic acids is 2. The number of hydrogen-bond acceptors (Lipinski definition) is 3. The van der Waals surface area contributed by atoms with Crippen LogP contribution in [0, 0.1) is 0 Å². The molecule has 0 atom stereocenters. The quantitative estimate of drug-likeness (QED) is 0.503. The van der Waals surface area contributed by atoms with Crippen molar-refractivity contribution in [3.05, 3.63) is 30.3 Å². The molecule has 0 aliphatic rings. The Morgan fingerprint density at radius 3 is 1.92 bits per heavy atom. The summed E-state index contributed by atoms with van der Waals surface area (Å²) in [6.07, 6.45) is 0.278. The fraction of sp³-hybridized carbons (Fsp3) is 0.111. The summed E-state index contributed by atoms with van der Waals surface area (Å²) >= 11 is 0. The molecule has 0 amide bonds. The molecule has 12 heavy (non-hydrogen) atoms. The van der Waals surface area contributed by atoms with E-state index in [1.807, 2.05) is 6.07 Å². The van der Waals surface area contributed by atoms with Crippen LogP contribution in [-0.2, 0) is 9.59 Å². The third-order valence-corrected chi connectivity index (χ3v) is 0.922. The third kappa shape index (κ3) is 6.48. The van der Waals surface area contributed by atoms with Gasteiger partial charge in [-0.15, -0.1) is 0 Å². The molecule has 0 saturated heterocycles. The van der Waals surface area contributed by atoms with Gasteiger partial charge in [0.25, 0.3) is 0 Å². The summed E-state index contributed by atoms with van der Waals surface area (Å²) < 4.78 is 0. The summed E-state index contributed by atoms with van der Waals surface area (Å²) in [6, 6.07) is 8.71. The predicted molar refractivity (Wildman–Crippen MR) is 44.9 cm³/mol. The lowest BCUT2D eigenvalue weighted by Crippen LogP contribution is -1.85. The number of carbonyl (C=O) groups is 2. The molecule has 0 bridgehead atoms. The van der Waals surface area contributed by atoms with Gasteiger partial charge in [0.2, 0.25) is 0 Å². The first-order valence-corrected chi connectivity index (χ1v) is 3.36. The van der Waals surface area contributed by atoms with Gasteiger partial charge < -0.3 is 5.11 Å². The maximum atomic E-state index is 9.44. The minimum atomic E-state index is -0.426. The van der Waals surface area contributed by atoms with Crippen molar-refractivity contribution in [1.29, 1.82) is 0 Å². The molecule has 3 heteroatoms. The van der Waals surface area contributed by atoms with Crippen molar-refractivity contribution in [3.63, 3.8) is 0 Å². The average molecular weight is 166 g/mol. The summed E-state index contributed by atoms with van der Waals surface area (Å²) in [5.74, 6) is -0.104. The molecule has 0 aliphatic heterocycles. The van der Waals surface area contributed by atoms with Crippen LogP contribution in [0.3, 0.4) is 0 Å². The zero-order chi connectivity index (χ0) is 9.40. The smallest absolute Gasteiger partial charge is 0.192 e. The Labute approximate surface area is 70.6 Å². The lowest BCUT2D eigenvalue weighted by Gasteiger charge is -1.82. The van der Waals surface area contributed by atoms with Crippen LogP contribution in [0.1, 0.15) is 6.92 Å². The van der Waals surface area contributed by atoms with Crippen molar-refractivity contribution in [2.24, 2.45) is 0 Å². The molecule has 1 N–H and O–H groups in total. The summed E-state index contributed by atoms with van der Waals surface area (Å²) in [4.78, 5) is 18.6. The van der Waals surface area contributed by atoms with Crippen LogP contribution in [0.2, 0.25) is 0 Å². The number of phenolic OH excluding ortho intramolecular Hbond substituents is 1. The fourth-order valence-electron chi connectivity index (χ4n) is 0.428. The number of ketones is 1. The number of Topliss-reactive ketones (excluding diaryl/α,β-unsaturated/α-hetero) is 1. The highest BCUT2D eigenvalue weighted by atomic mass is 16.3. The van der Waals surface area contributed by atoms with Gasteiger partial charge in [-0.05, 0) is 12.1 Å². The van der Waals surface area contributed by atoms with Crippen molar-refractivity contribution in [2.75, 3.05) is 0 Å². The number of para-hydroxylation sites is 1. The van der Waals surface area contributed by atoms with E-state index >= 15 is 0 Å². The van der Waals surface area contributed by atoms with E-state index in [1.54, 1.807) is 24.3 Å². The number of phenols is 1. The molecule has 1 aromatic carbocycles. The first-order valence-electron chi connectivity index (χ1n) is 3.36. The summed E-state index contributed by atoms with van der Waals surface area (Å²) in [5, 5.41) is 8.63. The predicted octanol–water partition coefficient (Wildman–Crippen LogP) is 1.17. The molecule has 0 aromatic heterocycles. The summed E-state index contributed by atoms with van der Waals surface area (Å²) in [7, 11) is 0. The van der Waals surface area contributed by atoms with Gasteiger partial charge in [-0.3, -0.25) is 9.59 Å². The van der Waals surface area contributed by atoms with E-state index in [-0.39, 0.29) is 6.29 Å². The largest absolute Gasteiger partial charge is 0.508 e. The van der Waals surface area contributed by atoms with Crippen LogP contribution in [0.5, 0.6) is 5.75 Å². The monoisotopic (exact) mass is 166 g/mol. The van der Waals surface area contributed by atoms with Gasteiger partial charge in [0.15, 0.2) is 12.1 Å². The topological polar surface area (TPSA) is 54.4 Å². The standard InChI is InChI=1S/C6H6O.C3H4O2/c7-6-4-2-1-3-5-6;1-3(5)2-4/h1-5,7H;2H,1H3. The van der Waals surface area contributed by atoms with Gasteiger partial charge in [0.05, 0.1) is 0 Å². The van der Waals surface area contributed by atoms with Crippen molar-refractivity contribution >= 4 is 12.1 Å². The number of rotatable bonds is 1. The molecule has 0 saturated carbocycles. The third-order valence-electron chi connectivity index (χ3n) is 0.922. The number of aldehydes is 1. The van der Waals surface area contributed by atoms with E-state index in [0.717, 1.165) is 0 Å². The Hall–Kier alpha value is -1.64. The molecule has 0 aliphatic carbocycles. The van der Waals surface area contributed by atoms with Crippen LogP contribution in [0.25, 0.3) is 0 Å². The maximum Gasteiger partial charge on any atom is 0.192 e. The number of hydrogen-bond donors (Lipinski definition) is 1. The van der Waals surface area contributed by atoms with Crippen LogP contribution in [0.4, 0.5) is 0 Å². The zero-order valence-electron chi connectivity index (χ0n) is 6.73. The van der Waals surface area contributed by atoms with Crippen LogP contribution < -0.4 is 0 Å². The summed E-state index contributed by atoms with van der Waals surface area (Å²) in [5.41, 5.74) is 0. The molecule has 1 rings (SSSR count). The molecule has 3 nitrogen and oxygen atoms in total. The van der Waals surface area contributed by atoms with E-state index in [9.17, 15) is 4.79 Å². The van der Waals surface area contributed by atoms with Crippen LogP contribution in [0.15, 0.2) is 30.3 Å². The van der Waals surface area contributed by atoms with E-state index in [4.69, 9.17) is 9.90 Å². The second kappa shape index (κ2) is 6.09. The molecule has 0 heterocycles. The first kappa shape index (κ1) is 10.4. The van der Waals surface area contributed by atoms with Gasteiger partial charge in [-0.25, -0.2) is 0 Å². The molecule has 0 radical (unpaired) electrons. The van der Waals surface area contributed by atoms with E-state index in [1.165, 1.54) is 6.92 Å². The molecule has 64 valence electrons. The Bertz CT molecular complexity index is 241. The molecule has 0 unspecified atom stereocenters. The minimum absolute atomic E-state index is 0.278. The molecular formula is C9H10O3. The molecule has 0 spiro atoms. The van der Waals surface area contributed by atoms with Crippen molar-refractivity contribution in [2.45, 2.75) is 6.92 Å². The van der Waals surface area contributed by atoms with Crippen molar-refractivity contribution in [3.8, 4) is 5.75 Å². The van der Waals surface area contributed by atoms with Gasteiger partial charge in [-0.2, -0.15) is 0 Å². The van der Waals surface area contributed by atoms with Crippen molar-refractivity contribution in [1.82, 2.24) is 0 Å². The van der Waals surface area contributed by atoms with Gasteiger partial charge in [-0.1, -0.05) is 18.2 Å². The average Bonchev–Trinajstić information content (AvgIpc) is 2.07. The van der Waals surface area contributed by atoms with E-state index in [0.29, 0.717) is 5.75 Å². The van der Waals surface area contributed by atoms with E-state index < -0.39 is 5.78 Å². The Balaban J connectivity index is 0.000000217. The summed E-state index contributed by atoms with van der Waals surface area (Å²) in [6.45, 7) is 1.22. The first-order chi connectivity index (χ1) is 5.66. The van der Waals surface area contributed by atoms with Gasteiger partial charge in [0.1, 0.15) is 5.75 Å². The Morgan fingerprint density at radius 2 is 1.75 bits per heavy atom. The van der Waals surface area contributed by atoms with Crippen molar-refractivity contribution < 1.29 is 14.7 Å². The SMILES string of the molecule is CC(=O)C=O.Oc1ccccc1. The highest BCUT2D eigenvalue weighted by Gasteiger charge is 1.76. The van der Waals surface area contributed by atoms with Crippen LogP contribution in [-0.4, -0.2) is 17.2 Å². The molecular weight excluding hydrogens is 156 g/mol. The molecule has 1 aromatic rings. The Kier molecular flexibility index (Phi) is 5.26. The van der Waals surface area contributed by atoms with Gasteiger partial charge in [0, 0.05) is 6.92 Å². The lowest BCUT2D eigenvalue weighted by atomic mass is 10.3. The zero-order valence-corrected chi connectivity index (χ0v) is 6.73. The minimum Gasteiger partial charge on any atom is -0.508 e. The fourth-order valence-corrected chi connectivity index (χ4v) is 0.428. The maximum absolute atomic E-state index is 9.44. The molecule has 0 fully saturated rings. The van der Waals surface area contributed by atoms with Gasteiger partial charge >= 0.3 is 0 Å². The number of benzene rings is 1. The second-order valence-corrected chi connectivity index (χ2v) is 2.06. The Morgan fingerprint density at radius 1 is 1.33 bits per heavy atom. The second-order valence-electron chi connectivity index (χ2n) is 2.06. The number of aromatic hydroxyl groups is 1. The lowest BCUT2D eigenvalue weighted by molar-refractivity contribution is -0.128. The van der Waals surface area contributed by atoms with E-state index in [2.05, 4.69) is 0 Å². The normalized spacial score (nSPS) is 7.75. The van der Waals surface area contributed by atoms with Crippen LogP contribution >= 0.6 is 0 Å². The highest BCUT2D eigenvalue weighted by molar-refractivity contribution is 6.23.